The number of aryl methyl sites for hydroxylation is 1. The average molecular weight is 318 g/mol. The predicted octanol–water partition coefficient (Wildman–Crippen LogP) is 2.14. The molecule has 114 valence electrons. The van der Waals surface area contributed by atoms with Crippen molar-refractivity contribution in [1.29, 1.82) is 0 Å². The number of hydrogen-bond donors (Lipinski definition) is 1. The van der Waals surface area contributed by atoms with Gasteiger partial charge in [-0.3, -0.25) is 14.6 Å². The number of imidazole rings is 1. The number of halogens is 1. The van der Waals surface area contributed by atoms with Crippen LogP contribution < -0.4 is 4.90 Å². The highest BCUT2D eigenvalue weighted by Crippen LogP contribution is 2.34. The summed E-state index contributed by atoms with van der Waals surface area (Å²) >= 11 is 0. The van der Waals surface area contributed by atoms with Crippen LogP contribution in [0, 0.1) is 6.92 Å². The summed E-state index contributed by atoms with van der Waals surface area (Å²) in [5.74, 6) is 2.01. The van der Waals surface area contributed by atoms with Crippen molar-refractivity contribution >= 4 is 30.1 Å². The normalized spacial score (nSPS) is 19.5. The molecule has 0 spiro atoms. The van der Waals surface area contributed by atoms with Gasteiger partial charge in [-0.25, -0.2) is 9.98 Å². The van der Waals surface area contributed by atoms with Crippen molar-refractivity contribution in [1.82, 2.24) is 14.9 Å². The molecule has 1 aromatic carbocycles. The Hall–Kier alpha value is -2.34. The number of carbonyl (C=O) groups excluding carboxylic acids is 1. The fraction of sp³-hybridized carbons (Fsp3) is 0.267. The molecule has 1 aromatic heterocycles. The molecule has 0 fully saturated rings. The number of guanidine groups is 1. The second kappa shape index (κ2) is 5.14. The average Bonchev–Trinajstić information content (AvgIpc) is 3.09. The summed E-state index contributed by atoms with van der Waals surface area (Å²) in [6, 6.07) is 10.2. The zero-order valence-electron chi connectivity index (χ0n) is 12.3. The summed E-state index contributed by atoms with van der Waals surface area (Å²) in [6.07, 6.45) is 0. The summed E-state index contributed by atoms with van der Waals surface area (Å²) in [4.78, 5) is 28.2. The van der Waals surface area contributed by atoms with Gasteiger partial charge in [0.25, 0.3) is 5.91 Å². The van der Waals surface area contributed by atoms with Crippen LogP contribution in [0.1, 0.15) is 27.9 Å². The third kappa shape index (κ3) is 1.99. The molecule has 0 saturated carbocycles. The van der Waals surface area contributed by atoms with Gasteiger partial charge in [0.05, 0.1) is 12.6 Å². The Morgan fingerprint density at radius 2 is 2.00 bits per heavy atom. The molecule has 6 nitrogen and oxygen atoms in total. The van der Waals surface area contributed by atoms with Gasteiger partial charge in [-0.1, -0.05) is 30.3 Å². The minimum absolute atomic E-state index is 0. The maximum atomic E-state index is 12.4. The van der Waals surface area contributed by atoms with Crippen LogP contribution in [0.4, 0.5) is 5.82 Å². The molecule has 2 aliphatic heterocycles. The van der Waals surface area contributed by atoms with Crippen LogP contribution >= 0.6 is 12.4 Å². The lowest BCUT2D eigenvalue weighted by Gasteiger charge is -2.30. The van der Waals surface area contributed by atoms with Crippen LogP contribution in [0.3, 0.4) is 0 Å². The maximum absolute atomic E-state index is 12.4. The smallest absolute Gasteiger partial charge is 0.280 e. The number of aromatic nitrogens is 2. The SMILES string of the molecule is Cc1nc2c([nH]1)C(=O)N(C)C1=N[C@H](c3ccccc3)CN12.Cl. The fourth-order valence-electron chi connectivity index (χ4n) is 2.89. The summed E-state index contributed by atoms with van der Waals surface area (Å²) < 4.78 is 0. The molecule has 3 heterocycles. The molecule has 1 N–H and O–H groups in total. The number of hydrogen-bond acceptors (Lipinski definition) is 4. The molecule has 2 aromatic rings. The lowest BCUT2D eigenvalue weighted by atomic mass is 10.1. The number of rotatable bonds is 1. The van der Waals surface area contributed by atoms with Gasteiger partial charge in [-0.05, 0) is 12.5 Å². The summed E-state index contributed by atoms with van der Waals surface area (Å²) in [6.45, 7) is 2.56. The van der Waals surface area contributed by atoms with Gasteiger partial charge in [0.2, 0.25) is 5.96 Å². The molecule has 7 heteroatoms. The summed E-state index contributed by atoms with van der Waals surface area (Å²) in [5, 5.41) is 0. The number of aromatic amines is 1. The molecule has 1 amide bonds. The number of H-pyrrole nitrogens is 1. The van der Waals surface area contributed by atoms with Gasteiger partial charge >= 0.3 is 0 Å². The standard InChI is InChI=1S/C15H15N5O.ClH/c1-9-16-12-13(17-9)20-8-11(10-6-4-3-5-7-10)18-15(20)19(2)14(12)21;/h3-7,11H,8H2,1-2H3,(H,16,17);1H/t11-;/m0./s1. The van der Waals surface area contributed by atoms with E-state index in [1.165, 1.54) is 0 Å². The first-order chi connectivity index (χ1) is 10.1. The highest BCUT2D eigenvalue weighted by atomic mass is 35.5. The number of amides is 1. The zero-order chi connectivity index (χ0) is 14.6. The van der Waals surface area contributed by atoms with E-state index in [1.54, 1.807) is 11.9 Å². The minimum Gasteiger partial charge on any atom is -0.336 e. The van der Waals surface area contributed by atoms with Crippen LogP contribution in [0.2, 0.25) is 0 Å². The van der Waals surface area contributed by atoms with Gasteiger partial charge in [-0.15, -0.1) is 12.4 Å². The highest BCUT2D eigenvalue weighted by Gasteiger charge is 2.40. The Bertz CT molecular complexity index is 755. The Balaban J connectivity index is 0.00000144. The van der Waals surface area contributed by atoms with Gasteiger partial charge in [0.1, 0.15) is 11.5 Å². The number of carbonyl (C=O) groups is 1. The first-order valence-electron chi connectivity index (χ1n) is 6.90. The van der Waals surface area contributed by atoms with E-state index >= 15 is 0 Å². The number of nitrogens with one attached hydrogen (secondary N) is 1. The van der Waals surface area contributed by atoms with Crippen molar-refractivity contribution in [3.05, 3.63) is 47.4 Å². The summed E-state index contributed by atoms with van der Waals surface area (Å²) in [7, 11) is 1.75. The maximum Gasteiger partial charge on any atom is 0.280 e. The van der Waals surface area contributed by atoms with Gasteiger partial charge < -0.3 is 4.98 Å². The van der Waals surface area contributed by atoms with Crippen LogP contribution in [0.5, 0.6) is 0 Å². The quantitative estimate of drug-likeness (QED) is 0.876. The molecule has 0 aliphatic carbocycles. The van der Waals surface area contributed by atoms with Gasteiger partial charge in [0, 0.05) is 7.05 Å². The van der Waals surface area contributed by atoms with Crippen LogP contribution in [0.15, 0.2) is 35.3 Å². The van der Waals surface area contributed by atoms with Crippen molar-refractivity contribution in [2.75, 3.05) is 18.5 Å². The number of anilines is 1. The molecule has 0 radical (unpaired) electrons. The van der Waals surface area contributed by atoms with Crippen LogP contribution in [-0.4, -0.2) is 40.3 Å². The zero-order valence-corrected chi connectivity index (χ0v) is 13.1. The summed E-state index contributed by atoms with van der Waals surface area (Å²) in [5.41, 5.74) is 1.69. The molecular formula is C15H16ClN5O. The first-order valence-corrected chi connectivity index (χ1v) is 6.90. The van der Waals surface area contributed by atoms with E-state index in [2.05, 4.69) is 22.1 Å². The second-order valence-electron chi connectivity index (χ2n) is 5.35. The van der Waals surface area contributed by atoms with E-state index in [4.69, 9.17) is 4.99 Å². The van der Waals surface area contributed by atoms with E-state index in [0.29, 0.717) is 24.0 Å². The number of aliphatic imine (C=N–C) groups is 1. The van der Waals surface area contributed by atoms with Crippen molar-refractivity contribution in [3.63, 3.8) is 0 Å². The molecule has 0 bridgehead atoms. The molecule has 0 saturated heterocycles. The van der Waals surface area contributed by atoms with Crippen molar-refractivity contribution in [2.45, 2.75) is 13.0 Å². The Morgan fingerprint density at radius 1 is 1.27 bits per heavy atom. The molecule has 2 aliphatic rings. The number of benzene rings is 1. The lowest BCUT2D eigenvalue weighted by Crippen LogP contribution is -2.48. The molecule has 0 unspecified atom stereocenters. The van der Waals surface area contributed by atoms with Crippen LogP contribution in [-0.2, 0) is 0 Å². The fourth-order valence-corrected chi connectivity index (χ4v) is 2.89. The van der Waals surface area contributed by atoms with E-state index in [0.717, 1.165) is 11.4 Å². The lowest BCUT2D eigenvalue weighted by molar-refractivity contribution is 0.0860. The largest absolute Gasteiger partial charge is 0.336 e. The minimum atomic E-state index is -0.0886. The third-order valence-corrected chi connectivity index (χ3v) is 3.93. The van der Waals surface area contributed by atoms with Gasteiger partial charge in [0.15, 0.2) is 5.82 Å². The van der Waals surface area contributed by atoms with E-state index < -0.39 is 0 Å². The second-order valence-corrected chi connectivity index (χ2v) is 5.35. The third-order valence-electron chi connectivity index (χ3n) is 3.93. The molecule has 22 heavy (non-hydrogen) atoms. The Kier molecular flexibility index (Phi) is 3.41. The van der Waals surface area contributed by atoms with Crippen LogP contribution in [0.25, 0.3) is 0 Å². The first kappa shape index (κ1) is 14.6. The van der Waals surface area contributed by atoms with Crippen molar-refractivity contribution in [3.8, 4) is 0 Å². The highest BCUT2D eigenvalue weighted by molar-refractivity contribution is 6.17. The van der Waals surface area contributed by atoms with E-state index in [-0.39, 0.29) is 24.4 Å². The predicted molar refractivity (Wildman–Crippen MR) is 86.6 cm³/mol. The number of fused-ring (bicyclic) bond motifs is 3. The Morgan fingerprint density at radius 3 is 2.73 bits per heavy atom. The molecule has 1 atom stereocenters. The number of nitrogens with zero attached hydrogens (tertiary/aromatic N) is 4. The van der Waals surface area contributed by atoms with Gasteiger partial charge in [-0.2, -0.15) is 0 Å². The van der Waals surface area contributed by atoms with E-state index in [9.17, 15) is 4.79 Å². The van der Waals surface area contributed by atoms with Crippen molar-refractivity contribution in [2.24, 2.45) is 4.99 Å². The Labute approximate surface area is 134 Å². The van der Waals surface area contributed by atoms with E-state index in [1.807, 2.05) is 30.0 Å². The molecule has 4 rings (SSSR count). The monoisotopic (exact) mass is 317 g/mol. The molecular weight excluding hydrogens is 302 g/mol. The van der Waals surface area contributed by atoms with Crippen molar-refractivity contribution < 1.29 is 4.79 Å². The topological polar surface area (TPSA) is 64.6 Å².